The minimum atomic E-state index is 0.222. The van der Waals surface area contributed by atoms with Gasteiger partial charge < -0.3 is 19.5 Å². The van der Waals surface area contributed by atoms with Gasteiger partial charge in [-0.05, 0) is 44.0 Å². The lowest BCUT2D eigenvalue weighted by Gasteiger charge is -2.28. The topological polar surface area (TPSA) is 88.8 Å². The maximum Gasteiger partial charge on any atom is 0.124 e. The first kappa shape index (κ1) is 25.0. The molecule has 0 amide bonds. The number of fused-ring (bicyclic) bond motifs is 1. The fraction of sp³-hybridized carbons (Fsp3) is 0.393. The molecule has 1 unspecified atom stereocenters. The number of aliphatic hydroxyl groups excluding tert-OH is 1. The quantitative estimate of drug-likeness (QED) is 0.348. The lowest BCUT2D eigenvalue weighted by atomic mass is 10.1. The van der Waals surface area contributed by atoms with Gasteiger partial charge in [0.2, 0.25) is 0 Å². The number of anilines is 2. The van der Waals surface area contributed by atoms with E-state index < -0.39 is 0 Å². The minimum Gasteiger partial charge on any atom is -0.497 e. The van der Waals surface area contributed by atoms with Gasteiger partial charge in [0.25, 0.3) is 0 Å². The van der Waals surface area contributed by atoms with Crippen LogP contribution in [0.25, 0.3) is 22.3 Å². The van der Waals surface area contributed by atoms with Gasteiger partial charge in [-0.15, -0.1) is 0 Å². The van der Waals surface area contributed by atoms with Gasteiger partial charge in [0.1, 0.15) is 11.5 Å². The van der Waals surface area contributed by atoms with Crippen LogP contribution in [0.1, 0.15) is 19.3 Å². The Bertz CT molecular complexity index is 1330. The van der Waals surface area contributed by atoms with Crippen LogP contribution in [-0.2, 0) is 7.05 Å². The molecule has 1 fully saturated rings. The van der Waals surface area contributed by atoms with E-state index in [2.05, 4.69) is 32.0 Å². The van der Waals surface area contributed by atoms with Crippen molar-refractivity contribution < 1.29 is 14.6 Å². The number of aromatic nitrogens is 4. The lowest BCUT2D eigenvalue weighted by Crippen LogP contribution is -2.34. The highest BCUT2D eigenvalue weighted by molar-refractivity contribution is 5.82. The standard InChI is InChI=1S/C28H34N6O3/c1-32-18-20(16-30-32)28-17-29-26-8-7-21(14-27(26)31-28)34(11-5-10-33-9-4-6-22(33)19-35)23-12-24(36-2)15-25(13-23)37-3/h7-8,12-18,22,35H,4-6,9-11,19H2,1-3H3. The van der Waals surface area contributed by atoms with E-state index in [-0.39, 0.29) is 12.6 Å². The smallest absolute Gasteiger partial charge is 0.124 e. The number of methoxy groups -OCH3 is 2. The Morgan fingerprint density at radius 1 is 1.03 bits per heavy atom. The van der Waals surface area contributed by atoms with Crippen LogP contribution < -0.4 is 14.4 Å². The molecule has 0 saturated carbocycles. The zero-order valence-electron chi connectivity index (χ0n) is 21.7. The third kappa shape index (κ3) is 5.52. The fourth-order valence-corrected chi connectivity index (χ4v) is 5.04. The number of aryl methyl sites for hydroxylation is 1. The van der Waals surface area contributed by atoms with Crippen molar-refractivity contribution in [3.05, 3.63) is 55.0 Å². The second kappa shape index (κ2) is 11.1. The van der Waals surface area contributed by atoms with Crippen LogP contribution >= 0.6 is 0 Å². The van der Waals surface area contributed by atoms with E-state index in [4.69, 9.17) is 14.5 Å². The molecule has 1 N–H and O–H groups in total. The van der Waals surface area contributed by atoms with E-state index in [0.717, 1.165) is 84.1 Å². The van der Waals surface area contributed by atoms with Crippen LogP contribution in [0.4, 0.5) is 11.4 Å². The Kier molecular flexibility index (Phi) is 7.52. The molecule has 0 aliphatic carbocycles. The number of benzene rings is 2. The number of ether oxygens (including phenoxy) is 2. The molecule has 9 heteroatoms. The van der Waals surface area contributed by atoms with Gasteiger partial charge in [-0.2, -0.15) is 5.10 Å². The maximum atomic E-state index is 9.73. The van der Waals surface area contributed by atoms with E-state index in [0.29, 0.717) is 0 Å². The predicted octanol–water partition coefficient (Wildman–Crippen LogP) is 4.03. The van der Waals surface area contributed by atoms with Gasteiger partial charge in [-0.3, -0.25) is 14.6 Å². The monoisotopic (exact) mass is 502 g/mol. The molecule has 1 atom stereocenters. The van der Waals surface area contributed by atoms with Gasteiger partial charge in [0.05, 0.1) is 49.9 Å². The molecule has 3 heterocycles. The molecule has 2 aromatic heterocycles. The number of likely N-dealkylation sites (tertiary alicyclic amines) is 1. The molecule has 5 rings (SSSR count). The number of rotatable bonds is 10. The lowest BCUT2D eigenvalue weighted by molar-refractivity contribution is 0.158. The van der Waals surface area contributed by atoms with Crippen molar-refractivity contribution in [3.8, 4) is 22.8 Å². The summed E-state index contributed by atoms with van der Waals surface area (Å²) in [5.74, 6) is 1.47. The largest absolute Gasteiger partial charge is 0.497 e. The van der Waals surface area contributed by atoms with Crippen molar-refractivity contribution in [1.29, 1.82) is 0 Å². The first-order chi connectivity index (χ1) is 18.1. The van der Waals surface area contributed by atoms with E-state index in [1.807, 2.05) is 37.5 Å². The zero-order valence-corrected chi connectivity index (χ0v) is 21.7. The van der Waals surface area contributed by atoms with Crippen molar-refractivity contribution in [3.63, 3.8) is 0 Å². The molecule has 0 radical (unpaired) electrons. The summed E-state index contributed by atoms with van der Waals surface area (Å²) in [5.41, 5.74) is 5.37. The van der Waals surface area contributed by atoms with E-state index in [1.165, 1.54) is 0 Å². The summed E-state index contributed by atoms with van der Waals surface area (Å²) in [7, 11) is 5.22. The molecule has 1 saturated heterocycles. The van der Waals surface area contributed by atoms with Crippen LogP contribution in [0.5, 0.6) is 11.5 Å². The molecule has 194 valence electrons. The van der Waals surface area contributed by atoms with Gasteiger partial charge in [0.15, 0.2) is 0 Å². The van der Waals surface area contributed by atoms with Crippen molar-refractivity contribution in [1.82, 2.24) is 24.6 Å². The molecule has 0 bridgehead atoms. The Hall–Kier alpha value is -3.69. The van der Waals surface area contributed by atoms with Gasteiger partial charge in [0, 0.05) is 67.5 Å². The summed E-state index contributed by atoms with van der Waals surface area (Å²) in [4.78, 5) is 14.2. The van der Waals surface area contributed by atoms with Crippen molar-refractivity contribution >= 4 is 22.4 Å². The number of aliphatic hydroxyl groups is 1. The number of hydrogen-bond acceptors (Lipinski definition) is 8. The highest BCUT2D eigenvalue weighted by Gasteiger charge is 2.23. The normalized spacial score (nSPS) is 15.8. The zero-order chi connectivity index (χ0) is 25.8. The van der Waals surface area contributed by atoms with Gasteiger partial charge >= 0.3 is 0 Å². The second-order valence-electron chi connectivity index (χ2n) is 9.42. The first-order valence-corrected chi connectivity index (χ1v) is 12.7. The van der Waals surface area contributed by atoms with Crippen LogP contribution in [0.3, 0.4) is 0 Å². The average molecular weight is 503 g/mol. The number of hydrogen-bond donors (Lipinski definition) is 1. The average Bonchev–Trinajstić information content (AvgIpc) is 3.58. The Labute approximate surface area is 217 Å². The van der Waals surface area contributed by atoms with E-state index >= 15 is 0 Å². The molecular formula is C28H34N6O3. The number of nitrogens with zero attached hydrogens (tertiary/aromatic N) is 6. The highest BCUT2D eigenvalue weighted by atomic mass is 16.5. The highest BCUT2D eigenvalue weighted by Crippen LogP contribution is 2.34. The third-order valence-electron chi connectivity index (χ3n) is 7.02. The fourth-order valence-electron chi connectivity index (χ4n) is 5.04. The summed E-state index contributed by atoms with van der Waals surface area (Å²) >= 11 is 0. The molecule has 2 aromatic carbocycles. The Morgan fingerprint density at radius 3 is 2.54 bits per heavy atom. The predicted molar refractivity (Wildman–Crippen MR) is 145 cm³/mol. The van der Waals surface area contributed by atoms with Crippen LogP contribution in [-0.4, -0.2) is 76.3 Å². The Balaban J connectivity index is 1.48. The van der Waals surface area contributed by atoms with Gasteiger partial charge in [-0.1, -0.05) is 0 Å². The molecule has 1 aliphatic rings. The van der Waals surface area contributed by atoms with Crippen molar-refractivity contribution in [2.75, 3.05) is 45.4 Å². The minimum absolute atomic E-state index is 0.222. The Morgan fingerprint density at radius 2 is 1.84 bits per heavy atom. The summed E-state index contributed by atoms with van der Waals surface area (Å²) < 4.78 is 12.9. The summed E-state index contributed by atoms with van der Waals surface area (Å²) in [6, 6.07) is 12.4. The van der Waals surface area contributed by atoms with Crippen molar-refractivity contribution in [2.45, 2.75) is 25.3 Å². The molecule has 4 aromatic rings. The molecular weight excluding hydrogens is 468 g/mol. The maximum absolute atomic E-state index is 9.73. The molecule has 0 spiro atoms. The summed E-state index contributed by atoms with van der Waals surface area (Å²) in [6.45, 7) is 2.98. The van der Waals surface area contributed by atoms with Crippen molar-refractivity contribution in [2.24, 2.45) is 7.05 Å². The molecule has 1 aliphatic heterocycles. The van der Waals surface area contributed by atoms with E-state index in [1.54, 1.807) is 31.3 Å². The third-order valence-corrected chi connectivity index (χ3v) is 7.02. The van der Waals surface area contributed by atoms with Gasteiger partial charge in [-0.25, -0.2) is 4.98 Å². The SMILES string of the molecule is COc1cc(OC)cc(N(CCCN2CCCC2CO)c2ccc3ncc(-c4cnn(C)c4)nc3c2)c1. The second-order valence-corrected chi connectivity index (χ2v) is 9.42. The first-order valence-electron chi connectivity index (χ1n) is 12.7. The van der Waals surface area contributed by atoms with Crippen LogP contribution in [0, 0.1) is 0 Å². The van der Waals surface area contributed by atoms with Crippen LogP contribution in [0.2, 0.25) is 0 Å². The molecule has 37 heavy (non-hydrogen) atoms. The van der Waals surface area contributed by atoms with E-state index in [9.17, 15) is 5.11 Å². The summed E-state index contributed by atoms with van der Waals surface area (Å²) in [5, 5.41) is 14.0. The molecule has 9 nitrogen and oxygen atoms in total. The van der Waals surface area contributed by atoms with Crippen LogP contribution in [0.15, 0.2) is 55.0 Å². The summed E-state index contributed by atoms with van der Waals surface area (Å²) in [6.07, 6.45) is 8.67.